The fourth-order valence-corrected chi connectivity index (χ4v) is 2.59. The van der Waals surface area contributed by atoms with Crippen LogP contribution in [0.15, 0.2) is 0 Å². The van der Waals surface area contributed by atoms with Gasteiger partial charge in [-0.1, -0.05) is 19.8 Å². The molecule has 1 saturated carbocycles. The third-order valence-electron chi connectivity index (χ3n) is 3.61. The zero-order valence-electron chi connectivity index (χ0n) is 10.6. The average Bonchev–Trinajstić information content (AvgIpc) is 2.77. The van der Waals surface area contributed by atoms with Crippen LogP contribution < -0.4 is 5.32 Å². The molecule has 0 bridgehead atoms. The summed E-state index contributed by atoms with van der Waals surface area (Å²) >= 11 is 0. The van der Waals surface area contributed by atoms with E-state index in [1.165, 1.54) is 38.5 Å². The summed E-state index contributed by atoms with van der Waals surface area (Å²) in [5.41, 5.74) is 0. The lowest BCUT2D eigenvalue weighted by Crippen LogP contribution is -2.38. The monoisotopic (exact) mass is 213 g/mol. The minimum Gasteiger partial charge on any atom is -0.382 e. The first-order chi connectivity index (χ1) is 7.27. The van der Waals surface area contributed by atoms with E-state index >= 15 is 0 Å². The predicted octanol–water partition coefficient (Wildman–Crippen LogP) is 2.97. The van der Waals surface area contributed by atoms with Crippen LogP contribution in [-0.4, -0.2) is 25.8 Å². The summed E-state index contributed by atoms with van der Waals surface area (Å²) in [5, 5.41) is 3.70. The molecule has 0 aliphatic heterocycles. The van der Waals surface area contributed by atoms with Crippen molar-refractivity contribution in [2.45, 2.75) is 64.5 Å². The second-order valence-electron chi connectivity index (χ2n) is 4.89. The molecule has 2 unspecified atom stereocenters. The van der Waals surface area contributed by atoms with E-state index in [-0.39, 0.29) is 0 Å². The third-order valence-corrected chi connectivity index (χ3v) is 3.61. The number of hydrogen-bond donors (Lipinski definition) is 1. The maximum absolute atomic E-state index is 5.38. The van der Waals surface area contributed by atoms with Crippen molar-refractivity contribution in [1.29, 1.82) is 0 Å². The van der Waals surface area contributed by atoms with Gasteiger partial charge < -0.3 is 10.1 Å². The molecule has 1 aliphatic rings. The van der Waals surface area contributed by atoms with Gasteiger partial charge in [-0.25, -0.2) is 0 Å². The summed E-state index contributed by atoms with van der Waals surface area (Å²) in [7, 11) is 1.82. The molecule has 0 saturated heterocycles. The van der Waals surface area contributed by atoms with Gasteiger partial charge in [0, 0.05) is 13.2 Å². The molecule has 90 valence electrons. The van der Waals surface area contributed by atoms with Gasteiger partial charge in [-0.05, 0) is 45.1 Å². The molecule has 0 aromatic heterocycles. The molecular formula is C13H27NO. The predicted molar refractivity (Wildman–Crippen MR) is 65.1 cm³/mol. The van der Waals surface area contributed by atoms with Crippen LogP contribution in [0, 0.1) is 5.92 Å². The van der Waals surface area contributed by atoms with Crippen molar-refractivity contribution in [2.24, 2.45) is 5.92 Å². The summed E-state index contributed by atoms with van der Waals surface area (Å²) in [4.78, 5) is 0. The van der Waals surface area contributed by atoms with Crippen molar-refractivity contribution in [2.75, 3.05) is 13.7 Å². The van der Waals surface area contributed by atoms with Crippen molar-refractivity contribution in [3.8, 4) is 0 Å². The van der Waals surface area contributed by atoms with Gasteiger partial charge in [0.15, 0.2) is 0 Å². The Morgan fingerprint density at radius 1 is 1.33 bits per heavy atom. The van der Waals surface area contributed by atoms with Crippen LogP contribution in [-0.2, 0) is 4.74 Å². The highest BCUT2D eigenvalue weighted by molar-refractivity contribution is 4.82. The van der Waals surface area contributed by atoms with Crippen LogP contribution in [0.3, 0.4) is 0 Å². The SMILES string of the molecule is CCCNC(CC(C)OC)C1CCCC1. The molecule has 0 aromatic carbocycles. The second kappa shape index (κ2) is 7.24. The van der Waals surface area contributed by atoms with Crippen LogP contribution in [0.5, 0.6) is 0 Å². The summed E-state index contributed by atoms with van der Waals surface area (Å²) < 4.78 is 5.38. The van der Waals surface area contributed by atoms with Crippen LogP contribution in [0.4, 0.5) is 0 Å². The second-order valence-corrected chi connectivity index (χ2v) is 4.89. The summed E-state index contributed by atoms with van der Waals surface area (Å²) in [5.74, 6) is 0.897. The highest BCUT2D eigenvalue weighted by Gasteiger charge is 2.25. The minimum atomic E-state index is 0.389. The topological polar surface area (TPSA) is 21.3 Å². The Morgan fingerprint density at radius 3 is 2.53 bits per heavy atom. The Labute approximate surface area is 94.8 Å². The normalized spacial score (nSPS) is 21.8. The quantitative estimate of drug-likeness (QED) is 0.702. The van der Waals surface area contributed by atoms with Gasteiger partial charge >= 0.3 is 0 Å². The number of ether oxygens (including phenoxy) is 1. The van der Waals surface area contributed by atoms with Crippen molar-refractivity contribution in [3.05, 3.63) is 0 Å². The van der Waals surface area contributed by atoms with Crippen molar-refractivity contribution in [3.63, 3.8) is 0 Å². The van der Waals surface area contributed by atoms with E-state index in [9.17, 15) is 0 Å². The molecule has 2 heteroatoms. The van der Waals surface area contributed by atoms with E-state index in [0.717, 1.165) is 12.5 Å². The smallest absolute Gasteiger partial charge is 0.0558 e. The van der Waals surface area contributed by atoms with Gasteiger partial charge in [-0.2, -0.15) is 0 Å². The van der Waals surface area contributed by atoms with Crippen LogP contribution in [0.2, 0.25) is 0 Å². The van der Waals surface area contributed by atoms with Crippen LogP contribution >= 0.6 is 0 Å². The summed E-state index contributed by atoms with van der Waals surface area (Å²) in [6.07, 6.45) is 8.47. The fourth-order valence-electron chi connectivity index (χ4n) is 2.59. The molecule has 1 fully saturated rings. The highest BCUT2D eigenvalue weighted by atomic mass is 16.5. The molecule has 0 spiro atoms. The van der Waals surface area contributed by atoms with E-state index in [0.29, 0.717) is 12.1 Å². The lowest BCUT2D eigenvalue weighted by molar-refractivity contribution is 0.0921. The van der Waals surface area contributed by atoms with E-state index < -0.39 is 0 Å². The Hall–Kier alpha value is -0.0800. The van der Waals surface area contributed by atoms with Gasteiger partial charge in [0.05, 0.1) is 6.10 Å². The standard InChI is InChI=1S/C13H27NO/c1-4-9-14-13(10-11(2)15-3)12-7-5-6-8-12/h11-14H,4-10H2,1-3H3. The number of nitrogens with one attached hydrogen (secondary N) is 1. The molecule has 0 radical (unpaired) electrons. The Kier molecular flexibility index (Phi) is 6.26. The van der Waals surface area contributed by atoms with E-state index in [4.69, 9.17) is 4.74 Å². The Balaban J connectivity index is 2.36. The average molecular weight is 213 g/mol. The first-order valence-corrected chi connectivity index (χ1v) is 6.54. The van der Waals surface area contributed by atoms with E-state index in [1.807, 2.05) is 7.11 Å². The highest BCUT2D eigenvalue weighted by Crippen LogP contribution is 2.29. The Morgan fingerprint density at radius 2 is 2.00 bits per heavy atom. The first kappa shape index (κ1) is 13.0. The van der Waals surface area contributed by atoms with E-state index in [2.05, 4.69) is 19.2 Å². The number of rotatable bonds is 7. The molecule has 0 amide bonds. The molecular weight excluding hydrogens is 186 g/mol. The van der Waals surface area contributed by atoms with E-state index in [1.54, 1.807) is 0 Å². The van der Waals surface area contributed by atoms with Crippen molar-refractivity contribution in [1.82, 2.24) is 5.32 Å². The Bertz CT molecular complexity index is 155. The molecule has 0 heterocycles. The van der Waals surface area contributed by atoms with Gasteiger partial charge in [0.2, 0.25) is 0 Å². The molecule has 15 heavy (non-hydrogen) atoms. The van der Waals surface area contributed by atoms with Gasteiger partial charge in [0.25, 0.3) is 0 Å². The largest absolute Gasteiger partial charge is 0.382 e. The van der Waals surface area contributed by atoms with Gasteiger partial charge in [-0.15, -0.1) is 0 Å². The molecule has 1 N–H and O–H groups in total. The first-order valence-electron chi connectivity index (χ1n) is 6.54. The lowest BCUT2D eigenvalue weighted by atomic mass is 9.93. The zero-order valence-corrected chi connectivity index (χ0v) is 10.6. The molecule has 1 aliphatic carbocycles. The fraction of sp³-hybridized carbons (Fsp3) is 1.00. The molecule has 1 rings (SSSR count). The van der Waals surface area contributed by atoms with Crippen LogP contribution in [0.1, 0.15) is 52.4 Å². The maximum atomic E-state index is 5.38. The molecule has 0 aromatic rings. The zero-order chi connectivity index (χ0) is 11.1. The van der Waals surface area contributed by atoms with Gasteiger partial charge in [-0.3, -0.25) is 0 Å². The lowest BCUT2D eigenvalue weighted by Gasteiger charge is -2.27. The van der Waals surface area contributed by atoms with Crippen LogP contribution in [0.25, 0.3) is 0 Å². The number of hydrogen-bond acceptors (Lipinski definition) is 2. The van der Waals surface area contributed by atoms with Gasteiger partial charge in [0.1, 0.15) is 0 Å². The summed E-state index contributed by atoms with van der Waals surface area (Å²) in [6.45, 7) is 5.56. The van der Waals surface area contributed by atoms with Crippen molar-refractivity contribution < 1.29 is 4.74 Å². The molecule has 2 nitrogen and oxygen atoms in total. The van der Waals surface area contributed by atoms with Crippen molar-refractivity contribution >= 4 is 0 Å². The maximum Gasteiger partial charge on any atom is 0.0558 e. The minimum absolute atomic E-state index is 0.389. The number of methoxy groups -OCH3 is 1. The molecule has 2 atom stereocenters. The third kappa shape index (κ3) is 4.52. The summed E-state index contributed by atoms with van der Waals surface area (Å²) in [6, 6.07) is 0.683.